The summed E-state index contributed by atoms with van der Waals surface area (Å²) in [4.78, 5) is 0. The Kier molecular flexibility index (Phi) is 7.44. The maximum atomic E-state index is 3.94. The zero-order chi connectivity index (χ0) is 21.5. The van der Waals surface area contributed by atoms with E-state index < -0.39 is 0 Å². The molecule has 1 aliphatic heterocycles. The molecule has 0 aromatic rings. The highest BCUT2D eigenvalue weighted by molar-refractivity contribution is 7.18. The molecule has 1 heterocycles. The van der Waals surface area contributed by atoms with Gasteiger partial charge in [0.25, 0.3) is 0 Å². The van der Waals surface area contributed by atoms with Gasteiger partial charge in [-0.2, -0.15) is 0 Å². The second-order valence-corrected chi connectivity index (χ2v) is 13.9. The van der Waals surface area contributed by atoms with Crippen LogP contribution in [0, 0.1) is 27.1 Å². The highest BCUT2D eigenvalue weighted by Crippen LogP contribution is 2.74. The van der Waals surface area contributed by atoms with Crippen molar-refractivity contribution < 1.29 is 0 Å². The summed E-state index contributed by atoms with van der Waals surface area (Å²) in [6.45, 7) is 30.3. The van der Waals surface area contributed by atoms with Gasteiger partial charge in [0.1, 0.15) is 0 Å². The van der Waals surface area contributed by atoms with Crippen molar-refractivity contribution in [2.75, 3.05) is 0 Å². The SMILES string of the molecule is CCCC(C)(C)C1(C(C)(C)CCC)C(C)(C)CC(C)NC(C)(P)CC1(C)C. The second-order valence-electron chi connectivity index (χ2n) is 12.6. The summed E-state index contributed by atoms with van der Waals surface area (Å²) in [5.74, 6) is 0. The Bertz CT molecular complexity index is 480. The Morgan fingerprint density at radius 3 is 1.63 bits per heavy atom. The molecule has 0 aliphatic carbocycles. The molecule has 0 aromatic carbocycles. The van der Waals surface area contributed by atoms with Crippen LogP contribution in [0.4, 0.5) is 0 Å². The predicted octanol–water partition coefficient (Wildman–Crippen LogP) is 8.04. The first-order valence-electron chi connectivity index (χ1n) is 11.5. The van der Waals surface area contributed by atoms with Crippen molar-refractivity contribution in [3.8, 4) is 0 Å². The molecule has 1 N–H and O–H groups in total. The second kappa shape index (κ2) is 7.91. The van der Waals surface area contributed by atoms with E-state index >= 15 is 0 Å². The van der Waals surface area contributed by atoms with E-state index in [0.29, 0.717) is 6.04 Å². The van der Waals surface area contributed by atoms with Gasteiger partial charge in [-0.3, -0.25) is 0 Å². The van der Waals surface area contributed by atoms with Crippen molar-refractivity contribution in [3.05, 3.63) is 0 Å². The molecule has 0 spiro atoms. The molecule has 0 aromatic heterocycles. The third kappa shape index (κ3) is 4.30. The molecule has 3 atom stereocenters. The normalized spacial score (nSPS) is 31.2. The summed E-state index contributed by atoms with van der Waals surface area (Å²) in [6.07, 6.45) is 7.51. The lowest BCUT2D eigenvalue weighted by Gasteiger charge is -2.73. The number of rotatable bonds is 6. The molecule has 0 amide bonds. The summed E-state index contributed by atoms with van der Waals surface area (Å²) < 4.78 is 0. The average molecular weight is 398 g/mol. The molecule has 0 saturated carbocycles. The van der Waals surface area contributed by atoms with Gasteiger partial charge in [0.2, 0.25) is 0 Å². The van der Waals surface area contributed by atoms with E-state index in [2.05, 4.69) is 97.6 Å². The summed E-state index contributed by atoms with van der Waals surface area (Å²) in [5.41, 5.74) is 1.20. The van der Waals surface area contributed by atoms with Crippen LogP contribution in [-0.4, -0.2) is 11.3 Å². The average Bonchev–Trinajstić information content (AvgIpc) is 2.31. The van der Waals surface area contributed by atoms with Crippen LogP contribution in [0.15, 0.2) is 0 Å². The van der Waals surface area contributed by atoms with Gasteiger partial charge in [-0.25, -0.2) is 0 Å². The molecule has 1 rings (SSSR count). The van der Waals surface area contributed by atoms with Gasteiger partial charge in [-0.15, -0.1) is 9.24 Å². The number of hydrogen-bond acceptors (Lipinski definition) is 1. The maximum absolute atomic E-state index is 3.94. The Balaban J connectivity index is 3.95. The van der Waals surface area contributed by atoms with Crippen LogP contribution < -0.4 is 5.32 Å². The fourth-order valence-corrected chi connectivity index (χ4v) is 10.6. The minimum Gasteiger partial charge on any atom is -0.306 e. The number of nitrogens with one attached hydrogen (secondary N) is 1. The van der Waals surface area contributed by atoms with Gasteiger partial charge in [0.15, 0.2) is 0 Å². The lowest BCUT2D eigenvalue weighted by atomic mass is 9.33. The van der Waals surface area contributed by atoms with Crippen molar-refractivity contribution >= 4 is 9.24 Å². The van der Waals surface area contributed by atoms with Crippen LogP contribution in [0.3, 0.4) is 0 Å². The van der Waals surface area contributed by atoms with E-state index in [0.717, 1.165) is 0 Å². The quantitative estimate of drug-likeness (QED) is 0.447. The molecule has 0 radical (unpaired) electrons. The highest BCUT2D eigenvalue weighted by Gasteiger charge is 2.68. The van der Waals surface area contributed by atoms with Crippen molar-refractivity contribution in [1.82, 2.24) is 5.32 Å². The first-order chi connectivity index (χ1) is 11.9. The van der Waals surface area contributed by atoms with Crippen LogP contribution in [0.5, 0.6) is 0 Å². The van der Waals surface area contributed by atoms with Gasteiger partial charge in [0.05, 0.1) is 0 Å². The third-order valence-electron chi connectivity index (χ3n) is 8.01. The van der Waals surface area contributed by atoms with E-state index in [-0.39, 0.29) is 32.4 Å². The van der Waals surface area contributed by atoms with Gasteiger partial charge >= 0.3 is 0 Å². The van der Waals surface area contributed by atoms with Gasteiger partial charge in [0, 0.05) is 11.3 Å². The molecule has 1 saturated heterocycles. The first-order valence-corrected chi connectivity index (χ1v) is 12.1. The minimum absolute atomic E-state index is 0.0786. The van der Waals surface area contributed by atoms with E-state index in [1.807, 2.05) is 0 Å². The highest BCUT2D eigenvalue weighted by atomic mass is 31.0. The summed E-state index contributed by atoms with van der Waals surface area (Å²) >= 11 is 0. The summed E-state index contributed by atoms with van der Waals surface area (Å²) in [6, 6.07) is 0.521. The topological polar surface area (TPSA) is 12.0 Å². The van der Waals surface area contributed by atoms with Crippen molar-refractivity contribution in [1.29, 1.82) is 0 Å². The summed E-state index contributed by atoms with van der Waals surface area (Å²) in [7, 11) is 3.16. The Morgan fingerprint density at radius 1 is 0.852 bits per heavy atom. The smallest absolute Gasteiger partial charge is 0.0302 e. The van der Waals surface area contributed by atoms with E-state index in [4.69, 9.17) is 0 Å². The van der Waals surface area contributed by atoms with Crippen LogP contribution in [0.2, 0.25) is 0 Å². The Labute approximate surface area is 174 Å². The van der Waals surface area contributed by atoms with Gasteiger partial charge in [-0.1, -0.05) is 82.1 Å². The summed E-state index contributed by atoms with van der Waals surface area (Å²) in [5, 5.41) is 4.02. The Morgan fingerprint density at radius 2 is 1.26 bits per heavy atom. The van der Waals surface area contributed by atoms with Gasteiger partial charge < -0.3 is 5.32 Å². The van der Waals surface area contributed by atoms with Crippen molar-refractivity contribution in [2.45, 2.75) is 133 Å². The molecule has 0 bridgehead atoms. The molecule has 3 unspecified atom stereocenters. The van der Waals surface area contributed by atoms with Crippen LogP contribution >= 0.6 is 9.24 Å². The molecule has 1 fully saturated rings. The maximum Gasteiger partial charge on any atom is 0.0302 e. The van der Waals surface area contributed by atoms with Crippen LogP contribution in [-0.2, 0) is 0 Å². The van der Waals surface area contributed by atoms with Crippen LogP contribution in [0.25, 0.3) is 0 Å². The lowest BCUT2D eigenvalue weighted by Crippen LogP contribution is -2.68. The zero-order valence-electron chi connectivity index (χ0n) is 20.9. The lowest BCUT2D eigenvalue weighted by molar-refractivity contribution is -0.238. The predicted molar refractivity (Wildman–Crippen MR) is 127 cm³/mol. The largest absolute Gasteiger partial charge is 0.306 e. The molecular formula is C25H52NP. The zero-order valence-corrected chi connectivity index (χ0v) is 22.1. The molecule has 1 nitrogen and oxygen atoms in total. The standard InChI is InChI=1S/C25H52NP/c1-13-15-20(4,5)25(21(6,7)16-14-2)22(8,9)17-19(3)26-24(12,27)18-23(25,10)11/h19,26H,13-18,27H2,1-12H3. The first kappa shape index (κ1) is 25.4. The van der Waals surface area contributed by atoms with Crippen molar-refractivity contribution in [3.63, 3.8) is 0 Å². The number of hydrogen-bond donors (Lipinski definition) is 1. The molecule has 2 heteroatoms. The monoisotopic (exact) mass is 397 g/mol. The van der Waals surface area contributed by atoms with E-state index in [9.17, 15) is 0 Å². The van der Waals surface area contributed by atoms with Crippen molar-refractivity contribution in [2.24, 2.45) is 27.1 Å². The molecule has 27 heavy (non-hydrogen) atoms. The van der Waals surface area contributed by atoms with Crippen LogP contribution in [0.1, 0.15) is 122 Å². The van der Waals surface area contributed by atoms with E-state index in [1.54, 1.807) is 0 Å². The molecular weight excluding hydrogens is 345 g/mol. The van der Waals surface area contributed by atoms with E-state index in [1.165, 1.54) is 38.5 Å². The fourth-order valence-electron chi connectivity index (χ4n) is 9.76. The Hall–Kier alpha value is 0.390. The minimum atomic E-state index is 0.0786. The van der Waals surface area contributed by atoms with Gasteiger partial charge in [-0.05, 0) is 66.6 Å². The third-order valence-corrected chi connectivity index (χ3v) is 8.38. The molecule has 162 valence electrons. The fraction of sp³-hybridized carbons (Fsp3) is 1.00. The molecule has 1 aliphatic rings.